The first-order valence-corrected chi connectivity index (χ1v) is 7.89. The molecule has 2 aromatic rings. The summed E-state index contributed by atoms with van der Waals surface area (Å²) in [7, 11) is 0. The number of pyridine rings is 1. The third kappa shape index (κ3) is 3.59. The van der Waals surface area contributed by atoms with Crippen molar-refractivity contribution in [2.75, 3.05) is 13.1 Å². The van der Waals surface area contributed by atoms with Gasteiger partial charge in [-0.25, -0.2) is 9.37 Å². The Bertz CT molecular complexity index is 713. The summed E-state index contributed by atoms with van der Waals surface area (Å²) in [6.45, 7) is 0.984. The number of likely N-dealkylation sites (tertiary alicyclic amines) is 1. The monoisotopic (exact) mass is 332 g/mol. The predicted octanol–water partition coefficient (Wildman–Crippen LogP) is 2.95. The maximum atomic E-state index is 13.1. The first-order valence-electron chi connectivity index (χ1n) is 7.89. The molecule has 0 aliphatic carbocycles. The highest BCUT2D eigenvalue weighted by Crippen LogP contribution is 2.31. The van der Waals surface area contributed by atoms with Crippen LogP contribution in [0.3, 0.4) is 0 Å². The van der Waals surface area contributed by atoms with Crippen molar-refractivity contribution in [3.8, 4) is 0 Å². The zero-order valence-corrected chi connectivity index (χ0v) is 13.0. The van der Waals surface area contributed by atoms with Gasteiger partial charge >= 0.3 is 0 Å². The van der Waals surface area contributed by atoms with Crippen LogP contribution < -0.4 is 0 Å². The number of aliphatic hydroxyl groups excluding tert-OH is 1. The molecule has 24 heavy (non-hydrogen) atoms. The van der Waals surface area contributed by atoms with Gasteiger partial charge in [-0.3, -0.25) is 4.79 Å². The predicted molar refractivity (Wildman–Crippen MR) is 84.2 cm³/mol. The normalized spacial score (nSPS) is 16.9. The number of hydrogen-bond acceptors (Lipinski definition) is 3. The van der Waals surface area contributed by atoms with E-state index in [1.165, 1.54) is 24.4 Å². The summed E-state index contributed by atoms with van der Waals surface area (Å²) in [4.78, 5) is 17.5. The highest BCUT2D eigenvalue weighted by atomic mass is 19.1. The van der Waals surface area contributed by atoms with Crippen molar-refractivity contribution in [2.45, 2.75) is 18.9 Å². The lowest BCUT2D eigenvalue weighted by atomic mass is 9.87. The van der Waals surface area contributed by atoms with Gasteiger partial charge in [-0.15, -0.1) is 0 Å². The Kier molecular flexibility index (Phi) is 4.85. The highest BCUT2D eigenvalue weighted by Gasteiger charge is 2.28. The number of aromatic nitrogens is 1. The van der Waals surface area contributed by atoms with Gasteiger partial charge in [0, 0.05) is 30.9 Å². The molecule has 1 N–H and O–H groups in total. The van der Waals surface area contributed by atoms with Gasteiger partial charge in [0.05, 0.1) is 6.10 Å². The molecule has 0 spiro atoms. The molecule has 1 amide bonds. The standard InChI is InChI=1S/C18H18F2N2O2/c19-15-3-1-12(2-4-15)17(23)13-6-9-22(10-7-13)18(24)14-5-8-21-16(20)11-14/h1-5,8,11,13,17,23H,6-7,9-10H2. The minimum absolute atomic E-state index is 0.00804. The Labute approximate surface area is 138 Å². The van der Waals surface area contributed by atoms with Gasteiger partial charge in [-0.2, -0.15) is 4.39 Å². The van der Waals surface area contributed by atoms with E-state index in [4.69, 9.17) is 0 Å². The molecule has 1 fully saturated rings. The summed E-state index contributed by atoms with van der Waals surface area (Å²) in [6, 6.07) is 8.44. The number of halogens is 2. The third-order valence-electron chi connectivity index (χ3n) is 4.46. The van der Waals surface area contributed by atoms with Crippen molar-refractivity contribution in [2.24, 2.45) is 5.92 Å². The molecule has 1 aliphatic rings. The Morgan fingerprint density at radius 2 is 1.83 bits per heavy atom. The molecule has 1 aliphatic heterocycles. The van der Waals surface area contributed by atoms with Crippen molar-refractivity contribution >= 4 is 5.91 Å². The van der Waals surface area contributed by atoms with E-state index in [-0.39, 0.29) is 23.2 Å². The number of amides is 1. The summed E-state index contributed by atoms with van der Waals surface area (Å²) in [6.07, 6.45) is 1.87. The van der Waals surface area contributed by atoms with E-state index in [1.54, 1.807) is 17.0 Å². The number of carbonyl (C=O) groups excluding carboxylic acids is 1. The number of hydrogen-bond donors (Lipinski definition) is 1. The molecular weight excluding hydrogens is 314 g/mol. The van der Waals surface area contributed by atoms with E-state index < -0.39 is 12.1 Å². The first-order chi connectivity index (χ1) is 11.5. The van der Waals surface area contributed by atoms with E-state index in [2.05, 4.69) is 4.98 Å². The lowest BCUT2D eigenvalue weighted by Gasteiger charge is -2.34. The molecule has 1 aromatic carbocycles. The van der Waals surface area contributed by atoms with Crippen LogP contribution in [0.5, 0.6) is 0 Å². The van der Waals surface area contributed by atoms with Crippen LogP contribution in [0.2, 0.25) is 0 Å². The average Bonchev–Trinajstić information content (AvgIpc) is 2.61. The lowest BCUT2D eigenvalue weighted by molar-refractivity contribution is 0.0461. The van der Waals surface area contributed by atoms with E-state index >= 15 is 0 Å². The summed E-state index contributed by atoms with van der Waals surface area (Å²) in [5.74, 6) is -1.24. The summed E-state index contributed by atoms with van der Waals surface area (Å²) >= 11 is 0. The summed E-state index contributed by atoms with van der Waals surface area (Å²) in [5, 5.41) is 10.4. The van der Waals surface area contributed by atoms with Crippen molar-refractivity contribution < 1.29 is 18.7 Å². The van der Waals surface area contributed by atoms with Gasteiger partial charge in [-0.1, -0.05) is 12.1 Å². The fourth-order valence-electron chi connectivity index (χ4n) is 3.07. The molecule has 0 radical (unpaired) electrons. The molecule has 3 rings (SSSR count). The van der Waals surface area contributed by atoms with Crippen LogP contribution in [0.25, 0.3) is 0 Å². The van der Waals surface area contributed by atoms with E-state index in [0.29, 0.717) is 31.5 Å². The molecule has 0 saturated carbocycles. The summed E-state index contributed by atoms with van der Waals surface area (Å²) < 4.78 is 26.1. The number of benzene rings is 1. The van der Waals surface area contributed by atoms with Crippen molar-refractivity contribution in [3.63, 3.8) is 0 Å². The zero-order valence-electron chi connectivity index (χ0n) is 13.0. The van der Waals surface area contributed by atoms with Gasteiger partial charge in [0.2, 0.25) is 5.95 Å². The van der Waals surface area contributed by atoms with Gasteiger partial charge in [-0.05, 0) is 42.5 Å². The van der Waals surface area contributed by atoms with Crippen molar-refractivity contribution in [1.82, 2.24) is 9.88 Å². The van der Waals surface area contributed by atoms with Crippen LogP contribution in [-0.2, 0) is 0 Å². The fraction of sp³-hybridized carbons (Fsp3) is 0.333. The molecule has 4 nitrogen and oxygen atoms in total. The molecule has 1 saturated heterocycles. The second-order valence-electron chi connectivity index (χ2n) is 5.99. The molecule has 6 heteroatoms. The Hall–Kier alpha value is -2.34. The second kappa shape index (κ2) is 7.05. The number of carbonyl (C=O) groups is 1. The van der Waals surface area contributed by atoms with E-state index in [1.807, 2.05) is 0 Å². The van der Waals surface area contributed by atoms with E-state index in [9.17, 15) is 18.7 Å². The zero-order chi connectivity index (χ0) is 17.1. The lowest BCUT2D eigenvalue weighted by Crippen LogP contribution is -2.39. The number of aliphatic hydroxyl groups is 1. The highest BCUT2D eigenvalue weighted by molar-refractivity contribution is 5.94. The van der Waals surface area contributed by atoms with Crippen LogP contribution in [0.4, 0.5) is 8.78 Å². The molecule has 1 aromatic heterocycles. The molecule has 2 heterocycles. The minimum Gasteiger partial charge on any atom is -0.388 e. The quantitative estimate of drug-likeness (QED) is 0.879. The van der Waals surface area contributed by atoms with Gasteiger partial charge in [0.15, 0.2) is 0 Å². The van der Waals surface area contributed by atoms with Crippen LogP contribution >= 0.6 is 0 Å². The largest absolute Gasteiger partial charge is 0.388 e. The maximum absolute atomic E-state index is 13.1. The van der Waals surface area contributed by atoms with Crippen LogP contribution in [-0.4, -0.2) is 34.0 Å². The maximum Gasteiger partial charge on any atom is 0.254 e. The molecular formula is C18H18F2N2O2. The Balaban J connectivity index is 1.61. The minimum atomic E-state index is -0.679. The second-order valence-corrected chi connectivity index (χ2v) is 5.99. The van der Waals surface area contributed by atoms with Crippen LogP contribution in [0.15, 0.2) is 42.6 Å². The number of piperidine rings is 1. The smallest absolute Gasteiger partial charge is 0.254 e. The molecule has 1 unspecified atom stereocenters. The topological polar surface area (TPSA) is 53.4 Å². The van der Waals surface area contributed by atoms with Gasteiger partial charge in [0.25, 0.3) is 5.91 Å². The van der Waals surface area contributed by atoms with Crippen molar-refractivity contribution in [3.05, 3.63) is 65.5 Å². The van der Waals surface area contributed by atoms with Gasteiger partial charge in [0.1, 0.15) is 5.82 Å². The van der Waals surface area contributed by atoms with Crippen LogP contribution in [0.1, 0.15) is 34.9 Å². The fourth-order valence-corrected chi connectivity index (χ4v) is 3.07. The molecule has 1 atom stereocenters. The SMILES string of the molecule is O=C(c1ccnc(F)c1)N1CCC(C(O)c2ccc(F)cc2)CC1. The average molecular weight is 332 g/mol. The molecule has 0 bridgehead atoms. The number of rotatable bonds is 3. The van der Waals surface area contributed by atoms with E-state index in [0.717, 1.165) is 6.07 Å². The van der Waals surface area contributed by atoms with Crippen LogP contribution in [0, 0.1) is 17.7 Å². The van der Waals surface area contributed by atoms with Gasteiger partial charge < -0.3 is 10.0 Å². The first kappa shape index (κ1) is 16.5. The third-order valence-corrected chi connectivity index (χ3v) is 4.46. The molecule has 126 valence electrons. The number of nitrogens with zero attached hydrogens (tertiary/aromatic N) is 2. The van der Waals surface area contributed by atoms with Crippen molar-refractivity contribution in [1.29, 1.82) is 0 Å². The summed E-state index contributed by atoms with van der Waals surface area (Å²) in [5.41, 5.74) is 0.956. The Morgan fingerprint density at radius 3 is 2.46 bits per heavy atom. The Morgan fingerprint density at radius 1 is 1.17 bits per heavy atom.